The zero-order chi connectivity index (χ0) is 11.6. The average molecular weight is 230 g/mol. The molecular weight excluding hydrogens is 208 g/mol. The summed E-state index contributed by atoms with van der Waals surface area (Å²) in [6, 6.07) is 0. The van der Waals surface area contributed by atoms with Crippen LogP contribution in [0.25, 0.3) is 0 Å². The van der Waals surface area contributed by atoms with E-state index in [0.717, 1.165) is 38.8 Å². The summed E-state index contributed by atoms with van der Waals surface area (Å²) >= 11 is 0. The van der Waals surface area contributed by atoms with E-state index >= 15 is 0 Å². The Kier molecular flexibility index (Phi) is 7.12. The lowest BCUT2D eigenvalue weighted by Crippen LogP contribution is -2.36. The topological polar surface area (TPSA) is 70.6 Å². The van der Waals surface area contributed by atoms with E-state index in [1.807, 2.05) is 0 Å². The van der Waals surface area contributed by atoms with Crippen molar-refractivity contribution in [2.24, 2.45) is 0 Å². The number of rotatable bonds is 7. The maximum absolute atomic E-state index is 11.3. The predicted octanol–water partition coefficient (Wildman–Crippen LogP) is -0.356. The Bertz CT molecular complexity index is 194. The van der Waals surface area contributed by atoms with Gasteiger partial charge in [-0.05, 0) is 38.8 Å². The highest BCUT2D eigenvalue weighted by atomic mass is 16.5. The molecule has 1 aliphatic heterocycles. The molecule has 0 unspecified atom stereocenters. The second-order valence-corrected chi connectivity index (χ2v) is 4.04. The monoisotopic (exact) mass is 230 g/mol. The highest BCUT2D eigenvalue weighted by molar-refractivity contribution is 5.77. The molecule has 3 N–H and O–H groups in total. The summed E-state index contributed by atoms with van der Waals surface area (Å²) in [5.41, 5.74) is 0. The molecule has 0 saturated carbocycles. The SMILES string of the molecule is O=C(COC1CCNCC1)NCCCCO. The second kappa shape index (κ2) is 8.50. The molecule has 16 heavy (non-hydrogen) atoms. The van der Waals surface area contributed by atoms with E-state index in [4.69, 9.17) is 9.84 Å². The molecule has 0 radical (unpaired) electrons. The molecule has 1 heterocycles. The van der Waals surface area contributed by atoms with Crippen LogP contribution in [0.2, 0.25) is 0 Å². The summed E-state index contributed by atoms with van der Waals surface area (Å²) < 4.78 is 5.50. The second-order valence-electron chi connectivity index (χ2n) is 4.04. The fraction of sp³-hybridized carbons (Fsp3) is 0.909. The van der Waals surface area contributed by atoms with Crippen molar-refractivity contribution < 1.29 is 14.6 Å². The Labute approximate surface area is 96.6 Å². The van der Waals surface area contributed by atoms with Gasteiger partial charge >= 0.3 is 0 Å². The first-order valence-corrected chi connectivity index (χ1v) is 6.03. The van der Waals surface area contributed by atoms with Crippen LogP contribution >= 0.6 is 0 Å². The molecule has 0 aromatic carbocycles. The summed E-state index contributed by atoms with van der Waals surface area (Å²) in [5.74, 6) is -0.0588. The number of hydrogen-bond donors (Lipinski definition) is 3. The minimum Gasteiger partial charge on any atom is -0.396 e. The zero-order valence-corrected chi connectivity index (χ0v) is 9.71. The molecule has 1 rings (SSSR count). The van der Waals surface area contributed by atoms with Gasteiger partial charge in [0.1, 0.15) is 6.61 Å². The first kappa shape index (κ1) is 13.4. The molecule has 0 spiro atoms. The van der Waals surface area contributed by atoms with E-state index in [9.17, 15) is 4.79 Å². The molecular formula is C11H22N2O3. The number of piperidine rings is 1. The van der Waals surface area contributed by atoms with Crippen molar-refractivity contribution in [3.8, 4) is 0 Å². The lowest BCUT2D eigenvalue weighted by Gasteiger charge is -2.22. The van der Waals surface area contributed by atoms with Crippen LogP contribution in [0.15, 0.2) is 0 Å². The molecule has 94 valence electrons. The van der Waals surface area contributed by atoms with Crippen molar-refractivity contribution in [3.63, 3.8) is 0 Å². The number of unbranched alkanes of at least 4 members (excludes halogenated alkanes) is 1. The number of aliphatic hydroxyl groups is 1. The van der Waals surface area contributed by atoms with E-state index in [1.54, 1.807) is 0 Å². The van der Waals surface area contributed by atoms with Crippen molar-refractivity contribution in [1.29, 1.82) is 0 Å². The van der Waals surface area contributed by atoms with Gasteiger partial charge in [0, 0.05) is 13.2 Å². The molecule has 1 aliphatic rings. The Balaban J connectivity index is 1.96. The van der Waals surface area contributed by atoms with Crippen molar-refractivity contribution in [2.75, 3.05) is 32.8 Å². The van der Waals surface area contributed by atoms with Gasteiger partial charge in [-0.15, -0.1) is 0 Å². The normalized spacial score (nSPS) is 17.3. The summed E-state index contributed by atoms with van der Waals surface area (Å²) in [4.78, 5) is 11.3. The van der Waals surface area contributed by atoms with Gasteiger partial charge in [-0.2, -0.15) is 0 Å². The van der Waals surface area contributed by atoms with Crippen LogP contribution in [0.4, 0.5) is 0 Å². The third-order valence-corrected chi connectivity index (χ3v) is 2.64. The lowest BCUT2D eigenvalue weighted by molar-refractivity contribution is -0.128. The fourth-order valence-electron chi connectivity index (χ4n) is 1.67. The minimum absolute atomic E-state index is 0.0588. The Morgan fingerprint density at radius 2 is 2.12 bits per heavy atom. The van der Waals surface area contributed by atoms with Crippen LogP contribution in [0.5, 0.6) is 0 Å². The van der Waals surface area contributed by atoms with E-state index < -0.39 is 0 Å². The lowest BCUT2D eigenvalue weighted by atomic mass is 10.1. The zero-order valence-electron chi connectivity index (χ0n) is 9.71. The molecule has 0 aromatic rings. The third-order valence-electron chi connectivity index (χ3n) is 2.64. The summed E-state index contributed by atoms with van der Waals surface area (Å²) in [7, 11) is 0. The van der Waals surface area contributed by atoms with Gasteiger partial charge in [0.05, 0.1) is 6.10 Å². The van der Waals surface area contributed by atoms with Crippen molar-refractivity contribution in [2.45, 2.75) is 31.8 Å². The maximum Gasteiger partial charge on any atom is 0.246 e. The van der Waals surface area contributed by atoms with Crippen molar-refractivity contribution >= 4 is 5.91 Å². The molecule has 0 bridgehead atoms. The molecule has 1 saturated heterocycles. The van der Waals surface area contributed by atoms with Gasteiger partial charge < -0.3 is 20.5 Å². The van der Waals surface area contributed by atoms with Gasteiger partial charge in [0.2, 0.25) is 5.91 Å². The molecule has 0 atom stereocenters. The quantitative estimate of drug-likeness (QED) is 0.523. The van der Waals surface area contributed by atoms with Gasteiger partial charge in [-0.1, -0.05) is 0 Å². The van der Waals surface area contributed by atoms with Crippen LogP contribution < -0.4 is 10.6 Å². The molecule has 0 aromatic heterocycles. The third kappa shape index (κ3) is 6.05. The highest BCUT2D eigenvalue weighted by Gasteiger charge is 2.14. The maximum atomic E-state index is 11.3. The van der Waals surface area contributed by atoms with Gasteiger partial charge in [-0.3, -0.25) is 4.79 Å². The largest absolute Gasteiger partial charge is 0.396 e. The van der Waals surface area contributed by atoms with Crippen molar-refractivity contribution in [1.82, 2.24) is 10.6 Å². The van der Waals surface area contributed by atoms with E-state index in [1.165, 1.54) is 0 Å². The number of nitrogens with one attached hydrogen (secondary N) is 2. The average Bonchev–Trinajstić information content (AvgIpc) is 2.33. The number of carbonyl (C=O) groups excluding carboxylic acids is 1. The first-order chi connectivity index (χ1) is 7.83. The predicted molar refractivity (Wildman–Crippen MR) is 61.2 cm³/mol. The molecule has 1 amide bonds. The summed E-state index contributed by atoms with van der Waals surface area (Å²) in [6.45, 7) is 2.91. The van der Waals surface area contributed by atoms with E-state index in [-0.39, 0.29) is 25.2 Å². The molecule has 5 heteroatoms. The molecule has 1 fully saturated rings. The summed E-state index contributed by atoms with van der Waals surface area (Å²) in [6.07, 6.45) is 3.74. The van der Waals surface area contributed by atoms with Crippen LogP contribution in [-0.4, -0.2) is 50.0 Å². The van der Waals surface area contributed by atoms with Crippen molar-refractivity contribution in [3.05, 3.63) is 0 Å². The number of hydrogen-bond acceptors (Lipinski definition) is 4. The standard InChI is InChI=1S/C11H22N2O3/c14-8-2-1-5-13-11(15)9-16-10-3-6-12-7-4-10/h10,12,14H,1-9H2,(H,13,15). The number of carbonyl (C=O) groups is 1. The number of ether oxygens (including phenoxy) is 1. The van der Waals surface area contributed by atoms with Crippen LogP contribution in [-0.2, 0) is 9.53 Å². The Hall–Kier alpha value is -0.650. The number of amides is 1. The van der Waals surface area contributed by atoms with Gasteiger partial charge in [-0.25, -0.2) is 0 Å². The van der Waals surface area contributed by atoms with Gasteiger partial charge in [0.25, 0.3) is 0 Å². The minimum atomic E-state index is -0.0588. The number of aliphatic hydroxyl groups excluding tert-OH is 1. The Morgan fingerprint density at radius 3 is 2.81 bits per heavy atom. The fourth-order valence-corrected chi connectivity index (χ4v) is 1.67. The first-order valence-electron chi connectivity index (χ1n) is 6.03. The highest BCUT2D eigenvalue weighted by Crippen LogP contribution is 2.06. The van der Waals surface area contributed by atoms with E-state index in [0.29, 0.717) is 6.54 Å². The van der Waals surface area contributed by atoms with Crippen LogP contribution in [0.3, 0.4) is 0 Å². The Morgan fingerprint density at radius 1 is 1.38 bits per heavy atom. The van der Waals surface area contributed by atoms with E-state index in [2.05, 4.69) is 10.6 Å². The molecule has 5 nitrogen and oxygen atoms in total. The summed E-state index contributed by atoms with van der Waals surface area (Å²) in [5, 5.41) is 14.6. The smallest absolute Gasteiger partial charge is 0.246 e. The molecule has 0 aliphatic carbocycles. The van der Waals surface area contributed by atoms with Crippen LogP contribution in [0, 0.1) is 0 Å². The van der Waals surface area contributed by atoms with Gasteiger partial charge in [0.15, 0.2) is 0 Å². The van der Waals surface area contributed by atoms with Crippen LogP contribution in [0.1, 0.15) is 25.7 Å².